The Hall–Kier alpha value is -2.53. The van der Waals surface area contributed by atoms with E-state index in [2.05, 4.69) is 5.32 Å². The Morgan fingerprint density at radius 1 is 1.10 bits per heavy atom. The number of carboxylic acid groups (broad SMARTS) is 1. The van der Waals surface area contributed by atoms with Crippen molar-refractivity contribution in [2.75, 3.05) is 5.32 Å². The summed E-state index contributed by atoms with van der Waals surface area (Å²) in [5.41, 5.74) is 6.85. The summed E-state index contributed by atoms with van der Waals surface area (Å²) in [6.07, 6.45) is 0. The molecular formula is C14H11ClN2O3. The number of carbonyl (C=O) groups excluding carboxylic acids is 1. The van der Waals surface area contributed by atoms with Crippen LogP contribution in [-0.4, -0.2) is 17.0 Å². The van der Waals surface area contributed by atoms with Crippen LogP contribution in [0.3, 0.4) is 0 Å². The highest BCUT2D eigenvalue weighted by atomic mass is 35.5. The molecule has 0 spiro atoms. The minimum Gasteiger partial charge on any atom is -0.478 e. The molecule has 2 rings (SSSR count). The third-order valence-corrected chi connectivity index (χ3v) is 2.89. The molecule has 0 aliphatic rings. The van der Waals surface area contributed by atoms with Crippen molar-refractivity contribution in [2.45, 2.75) is 0 Å². The molecular weight excluding hydrogens is 280 g/mol. The number of primary amides is 1. The maximum absolute atomic E-state index is 11.3. The lowest BCUT2D eigenvalue weighted by Crippen LogP contribution is -2.13. The molecule has 0 heterocycles. The minimum atomic E-state index is -1.00. The van der Waals surface area contributed by atoms with Crippen molar-refractivity contribution in [1.29, 1.82) is 0 Å². The van der Waals surface area contributed by atoms with Gasteiger partial charge >= 0.3 is 5.97 Å². The normalized spacial score (nSPS) is 10.1. The summed E-state index contributed by atoms with van der Waals surface area (Å²) >= 11 is 5.88. The van der Waals surface area contributed by atoms with Crippen LogP contribution in [0.15, 0.2) is 42.5 Å². The number of nitrogens with one attached hydrogen (secondary N) is 1. The highest BCUT2D eigenvalue weighted by molar-refractivity contribution is 6.31. The molecule has 0 aliphatic heterocycles. The number of amides is 1. The van der Waals surface area contributed by atoms with Crippen LogP contribution in [0, 0.1) is 0 Å². The average molecular weight is 291 g/mol. The van der Waals surface area contributed by atoms with Gasteiger partial charge < -0.3 is 16.2 Å². The first-order valence-electron chi connectivity index (χ1n) is 5.67. The predicted octanol–water partition coefficient (Wildman–Crippen LogP) is 2.88. The van der Waals surface area contributed by atoms with E-state index in [0.717, 1.165) is 0 Å². The van der Waals surface area contributed by atoms with Gasteiger partial charge in [0.25, 0.3) is 5.91 Å². The van der Waals surface area contributed by atoms with Gasteiger partial charge in [0.15, 0.2) is 0 Å². The van der Waals surface area contributed by atoms with E-state index >= 15 is 0 Å². The fourth-order valence-electron chi connectivity index (χ4n) is 1.69. The van der Waals surface area contributed by atoms with Crippen molar-refractivity contribution in [3.8, 4) is 0 Å². The number of aromatic carboxylic acids is 1. The summed E-state index contributed by atoms with van der Waals surface area (Å²) in [4.78, 5) is 22.1. The number of halogens is 1. The van der Waals surface area contributed by atoms with Gasteiger partial charge in [0, 0.05) is 10.7 Å². The van der Waals surface area contributed by atoms with Gasteiger partial charge in [-0.25, -0.2) is 4.79 Å². The van der Waals surface area contributed by atoms with Crippen molar-refractivity contribution in [3.63, 3.8) is 0 Å². The van der Waals surface area contributed by atoms with Crippen LogP contribution in [0.5, 0.6) is 0 Å². The molecule has 0 aliphatic carbocycles. The number of carboxylic acids is 1. The van der Waals surface area contributed by atoms with Crippen molar-refractivity contribution < 1.29 is 14.7 Å². The lowest BCUT2D eigenvalue weighted by atomic mass is 10.1. The average Bonchev–Trinajstić information content (AvgIpc) is 2.39. The van der Waals surface area contributed by atoms with E-state index in [4.69, 9.17) is 22.4 Å². The summed E-state index contributed by atoms with van der Waals surface area (Å²) < 4.78 is 0. The van der Waals surface area contributed by atoms with Crippen molar-refractivity contribution in [3.05, 3.63) is 58.6 Å². The van der Waals surface area contributed by atoms with Crippen LogP contribution in [0.25, 0.3) is 0 Å². The minimum absolute atomic E-state index is 0.178. The Morgan fingerprint density at radius 2 is 1.75 bits per heavy atom. The quantitative estimate of drug-likeness (QED) is 0.807. The van der Waals surface area contributed by atoms with Crippen LogP contribution in [0.2, 0.25) is 5.02 Å². The molecule has 0 fully saturated rings. The molecule has 0 radical (unpaired) electrons. The van der Waals surface area contributed by atoms with Crippen molar-refractivity contribution in [2.24, 2.45) is 5.73 Å². The fourth-order valence-corrected chi connectivity index (χ4v) is 1.86. The third-order valence-electron chi connectivity index (χ3n) is 2.66. The predicted molar refractivity (Wildman–Crippen MR) is 76.7 cm³/mol. The lowest BCUT2D eigenvalue weighted by Gasteiger charge is -2.10. The third kappa shape index (κ3) is 3.07. The number of hydrogen-bond acceptors (Lipinski definition) is 3. The van der Waals surface area contributed by atoms with E-state index in [-0.39, 0.29) is 5.56 Å². The molecule has 6 heteroatoms. The van der Waals surface area contributed by atoms with Crippen LogP contribution < -0.4 is 11.1 Å². The smallest absolute Gasteiger partial charge is 0.335 e. The van der Waals surface area contributed by atoms with Gasteiger partial charge in [-0.3, -0.25) is 4.79 Å². The molecule has 5 nitrogen and oxygen atoms in total. The number of rotatable bonds is 4. The second-order valence-electron chi connectivity index (χ2n) is 4.06. The molecule has 0 aromatic heterocycles. The van der Waals surface area contributed by atoms with Crippen LogP contribution >= 0.6 is 11.6 Å². The fraction of sp³-hybridized carbons (Fsp3) is 0. The van der Waals surface area contributed by atoms with Gasteiger partial charge in [-0.2, -0.15) is 0 Å². The SMILES string of the molecule is NC(=O)c1ccc(Cl)cc1Nc1ccc(C(=O)O)cc1. The molecule has 0 saturated carbocycles. The Kier molecular flexibility index (Phi) is 3.91. The van der Waals surface area contributed by atoms with E-state index in [1.165, 1.54) is 18.2 Å². The van der Waals surface area contributed by atoms with Gasteiger partial charge in [-0.15, -0.1) is 0 Å². The summed E-state index contributed by atoms with van der Waals surface area (Å²) in [5.74, 6) is -1.58. The number of benzene rings is 2. The molecule has 102 valence electrons. The molecule has 4 N–H and O–H groups in total. The molecule has 1 amide bonds. The topological polar surface area (TPSA) is 92.4 Å². The van der Waals surface area contributed by atoms with E-state index < -0.39 is 11.9 Å². The Morgan fingerprint density at radius 3 is 2.30 bits per heavy atom. The van der Waals surface area contributed by atoms with Crippen LogP contribution in [-0.2, 0) is 0 Å². The molecule has 0 unspecified atom stereocenters. The summed E-state index contributed by atoms with van der Waals surface area (Å²) in [6, 6.07) is 10.8. The van der Waals surface area contributed by atoms with Gasteiger partial charge in [0.1, 0.15) is 0 Å². The van der Waals surface area contributed by atoms with Gasteiger partial charge in [-0.1, -0.05) is 11.6 Å². The standard InChI is InChI=1S/C14H11ClN2O3/c15-9-3-6-11(13(16)18)12(7-9)17-10-4-1-8(2-5-10)14(19)20/h1-7,17H,(H2,16,18)(H,19,20). The van der Waals surface area contributed by atoms with Crippen molar-refractivity contribution >= 4 is 34.9 Å². The van der Waals surface area contributed by atoms with E-state index in [9.17, 15) is 9.59 Å². The number of nitrogens with two attached hydrogens (primary N) is 1. The molecule has 20 heavy (non-hydrogen) atoms. The molecule has 0 saturated heterocycles. The van der Waals surface area contributed by atoms with Crippen molar-refractivity contribution in [1.82, 2.24) is 0 Å². The first-order chi connectivity index (χ1) is 9.47. The lowest BCUT2D eigenvalue weighted by molar-refractivity contribution is 0.0696. The summed E-state index contributed by atoms with van der Waals surface area (Å²) in [7, 11) is 0. The number of carbonyl (C=O) groups is 2. The van der Waals surface area contributed by atoms with E-state index in [1.54, 1.807) is 24.3 Å². The summed E-state index contributed by atoms with van der Waals surface area (Å²) in [6.45, 7) is 0. The first-order valence-corrected chi connectivity index (χ1v) is 6.05. The summed E-state index contributed by atoms with van der Waals surface area (Å²) in [5, 5.41) is 12.3. The molecule has 0 atom stereocenters. The molecule has 2 aromatic carbocycles. The van der Waals surface area contributed by atoms with Gasteiger partial charge in [-0.05, 0) is 42.5 Å². The maximum Gasteiger partial charge on any atom is 0.335 e. The van der Waals surface area contributed by atoms with Gasteiger partial charge in [0.2, 0.25) is 0 Å². The monoisotopic (exact) mass is 290 g/mol. The first kappa shape index (κ1) is 13.9. The van der Waals surface area contributed by atoms with Crippen LogP contribution in [0.1, 0.15) is 20.7 Å². The number of hydrogen-bond donors (Lipinski definition) is 3. The Bertz CT molecular complexity index is 669. The van der Waals surface area contributed by atoms with E-state index in [1.807, 2.05) is 0 Å². The Balaban J connectivity index is 2.31. The van der Waals surface area contributed by atoms with Gasteiger partial charge in [0.05, 0.1) is 16.8 Å². The highest BCUT2D eigenvalue weighted by Crippen LogP contribution is 2.24. The number of anilines is 2. The molecule has 2 aromatic rings. The zero-order chi connectivity index (χ0) is 14.7. The second kappa shape index (κ2) is 5.63. The second-order valence-corrected chi connectivity index (χ2v) is 4.50. The van der Waals surface area contributed by atoms with Crippen LogP contribution in [0.4, 0.5) is 11.4 Å². The molecule has 0 bridgehead atoms. The van der Waals surface area contributed by atoms with E-state index in [0.29, 0.717) is 22.0 Å². The zero-order valence-corrected chi connectivity index (χ0v) is 11.0. The largest absolute Gasteiger partial charge is 0.478 e. The Labute approximate surface area is 120 Å². The highest BCUT2D eigenvalue weighted by Gasteiger charge is 2.09. The maximum atomic E-state index is 11.3. The zero-order valence-electron chi connectivity index (χ0n) is 10.3.